The lowest BCUT2D eigenvalue weighted by Crippen LogP contribution is -2.19. The number of ether oxygens (including phenoxy) is 1. The molecule has 9 heteroatoms. The number of esters is 1. The maximum absolute atomic E-state index is 12.3. The second-order valence-corrected chi connectivity index (χ2v) is 7.03. The molecular weight excluding hydrogens is 390 g/mol. The van der Waals surface area contributed by atoms with E-state index in [4.69, 9.17) is 20.8 Å². The van der Waals surface area contributed by atoms with E-state index in [-0.39, 0.29) is 24.3 Å². The molecule has 1 aliphatic heterocycles. The van der Waals surface area contributed by atoms with E-state index in [2.05, 4.69) is 15.5 Å². The van der Waals surface area contributed by atoms with Gasteiger partial charge < -0.3 is 14.5 Å². The third kappa shape index (κ3) is 3.81. The fourth-order valence-electron chi connectivity index (χ4n) is 2.48. The summed E-state index contributed by atoms with van der Waals surface area (Å²) >= 11 is 7.52. The fraction of sp³-hybridized carbons (Fsp3) is 0.111. The normalized spacial score (nSPS) is 13.0. The molecule has 1 amide bonds. The van der Waals surface area contributed by atoms with Crippen LogP contribution in [0.3, 0.4) is 0 Å². The Hall–Kier alpha value is -2.84. The van der Waals surface area contributed by atoms with Crippen LogP contribution in [0.5, 0.6) is 0 Å². The molecule has 0 fully saturated rings. The molecular formula is C18H12ClN3O4S. The van der Waals surface area contributed by atoms with E-state index >= 15 is 0 Å². The molecule has 0 aliphatic carbocycles. The van der Waals surface area contributed by atoms with Gasteiger partial charge in [-0.1, -0.05) is 23.7 Å². The highest BCUT2D eigenvalue weighted by atomic mass is 35.5. The number of carbonyl (C=O) groups excluding carboxylic acids is 2. The molecule has 0 saturated carbocycles. The highest BCUT2D eigenvalue weighted by molar-refractivity contribution is 8.00. The Bertz CT molecular complexity index is 1040. The first kappa shape index (κ1) is 17.6. The van der Waals surface area contributed by atoms with Gasteiger partial charge in [0.05, 0.1) is 27.6 Å². The zero-order valence-electron chi connectivity index (χ0n) is 13.8. The average Bonchev–Trinajstić information content (AvgIpc) is 3.14. The molecule has 136 valence electrons. The highest BCUT2D eigenvalue weighted by Gasteiger charge is 2.19. The summed E-state index contributed by atoms with van der Waals surface area (Å²) in [6.45, 7) is -0.172. The Morgan fingerprint density at radius 3 is 2.96 bits per heavy atom. The summed E-state index contributed by atoms with van der Waals surface area (Å²) in [4.78, 5) is 24.6. The Balaban J connectivity index is 1.44. The van der Waals surface area contributed by atoms with Crippen LogP contribution in [0.1, 0.15) is 16.2 Å². The summed E-state index contributed by atoms with van der Waals surface area (Å²) in [6.07, 6.45) is 0. The van der Waals surface area contributed by atoms with Gasteiger partial charge in [0, 0.05) is 4.90 Å². The van der Waals surface area contributed by atoms with E-state index in [1.165, 1.54) is 11.8 Å². The van der Waals surface area contributed by atoms with Crippen LogP contribution in [-0.2, 0) is 16.1 Å². The number of nitrogens with zero attached hydrogens (tertiary/aromatic N) is 2. The molecule has 1 N–H and O–H groups in total. The molecule has 2 aromatic carbocycles. The van der Waals surface area contributed by atoms with Crippen molar-refractivity contribution in [3.05, 3.63) is 58.9 Å². The third-order valence-electron chi connectivity index (χ3n) is 3.75. The number of aromatic nitrogens is 2. The van der Waals surface area contributed by atoms with Crippen LogP contribution < -0.4 is 5.32 Å². The number of anilines is 1. The van der Waals surface area contributed by atoms with Gasteiger partial charge in [0.25, 0.3) is 5.89 Å². The quantitative estimate of drug-likeness (QED) is 0.664. The summed E-state index contributed by atoms with van der Waals surface area (Å²) in [7, 11) is 0. The second-order valence-electron chi connectivity index (χ2n) is 5.60. The first-order chi connectivity index (χ1) is 13.1. The molecule has 27 heavy (non-hydrogen) atoms. The molecule has 7 nitrogen and oxygen atoms in total. The van der Waals surface area contributed by atoms with Crippen LogP contribution in [0.15, 0.2) is 51.8 Å². The number of hydrogen-bond acceptors (Lipinski definition) is 7. The van der Waals surface area contributed by atoms with Gasteiger partial charge in [-0.2, -0.15) is 0 Å². The van der Waals surface area contributed by atoms with Crippen molar-refractivity contribution in [2.24, 2.45) is 0 Å². The smallest absolute Gasteiger partial charge is 0.338 e. The van der Waals surface area contributed by atoms with Gasteiger partial charge in [0.15, 0.2) is 6.61 Å². The highest BCUT2D eigenvalue weighted by Crippen LogP contribution is 2.32. The molecule has 1 aromatic heterocycles. The van der Waals surface area contributed by atoms with Crippen molar-refractivity contribution in [2.45, 2.75) is 11.5 Å². The van der Waals surface area contributed by atoms with Crippen LogP contribution >= 0.6 is 23.4 Å². The van der Waals surface area contributed by atoms with Crippen molar-refractivity contribution in [1.82, 2.24) is 10.2 Å². The van der Waals surface area contributed by atoms with Crippen LogP contribution in [-0.4, -0.2) is 27.8 Å². The van der Waals surface area contributed by atoms with E-state index in [0.717, 1.165) is 4.90 Å². The minimum Gasteiger partial charge on any atom is -0.452 e. The van der Waals surface area contributed by atoms with Crippen molar-refractivity contribution < 1.29 is 18.7 Å². The Kier molecular flexibility index (Phi) is 4.83. The molecule has 2 heterocycles. The SMILES string of the molecule is O=C1CSc2ccc(C(=O)OCc3nnc(-c4ccccc4Cl)o3)cc2N1. The van der Waals surface area contributed by atoms with E-state index < -0.39 is 5.97 Å². The first-order valence-corrected chi connectivity index (χ1v) is 9.27. The monoisotopic (exact) mass is 401 g/mol. The number of hydrogen-bond donors (Lipinski definition) is 1. The average molecular weight is 402 g/mol. The van der Waals surface area contributed by atoms with Crippen molar-refractivity contribution in [2.75, 3.05) is 11.1 Å². The fourth-order valence-corrected chi connectivity index (χ4v) is 3.48. The predicted octanol–water partition coefficient (Wildman–Crippen LogP) is 3.79. The van der Waals surface area contributed by atoms with Crippen LogP contribution in [0.25, 0.3) is 11.5 Å². The molecule has 0 unspecified atom stereocenters. The maximum atomic E-state index is 12.3. The minimum atomic E-state index is -0.555. The summed E-state index contributed by atoms with van der Waals surface area (Å²) < 4.78 is 10.7. The molecule has 1 aliphatic rings. The van der Waals surface area contributed by atoms with Crippen molar-refractivity contribution in [1.29, 1.82) is 0 Å². The molecule has 0 radical (unpaired) electrons. The number of nitrogens with one attached hydrogen (secondary N) is 1. The predicted molar refractivity (Wildman–Crippen MR) is 99.7 cm³/mol. The van der Waals surface area contributed by atoms with Gasteiger partial charge >= 0.3 is 5.97 Å². The van der Waals surface area contributed by atoms with Gasteiger partial charge in [-0.3, -0.25) is 4.79 Å². The number of fused-ring (bicyclic) bond motifs is 1. The molecule has 4 rings (SSSR count). The molecule has 0 spiro atoms. The van der Waals surface area contributed by atoms with E-state index in [1.807, 2.05) is 0 Å². The van der Waals surface area contributed by atoms with Gasteiger partial charge in [0.2, 0.25) is 11.8 Å². The van der Waals surface area contributed by atoms with E-state index in [0.29, 0.717) is 27.6 Å². The summed E-state index contributed by atoms with van der Waals surface area (Å²) in [5.74, 6) is 0.109. The number of rotatable bonds is 4. The number of thioether (sulfide) groups is 1. The number of amides is 1. The standard InChI is InChI=1S/C18H12ClN3O4S/c19-12-4-2-1-3-11(12)17-22-21-16(26-17)8-25-18(24)10-5-6-14-13(7-10)20-15(23)9-27-14/h1-7H,8-9H2,(H,20,23). The lowest BCUT2D eigenvalue weighted by molar-refractivity contribution is -0.113. The van der Waals surface area contributed by atoms with Gasteiger partial charge in [-0.25, -0.2) is 4.79 Å². The largest absolute Gasteiger partial charge is 0.452 e. The van der Waals surface area contributed by atoms with Crippen molar-refractivity contribution in [3.63, 3.8) is 0 Å². The zero-order valence-corrected chi connectivity index (χ0v) is 15.3. The Labute approximate surface area is 163 Å². The van der Waals surface area contributed by atoms with Crippen LogP contribution in [0.4, 0.5) is 5.69 Å². The zero-order chi connectivity index (χ0) is 18.8. The number of benzene rings is 2. The van der Waals surface area contributed by atoms with Gasteiger partial charge in [-0.05, 0) is 30.3 Å². The van der Waals surface area contributed by atoms with Crippen LogP contribution in [0.2, 0.25) is 5.02 Å². The summed E-state index contributed by atoms with van der Waals surface area (Å²) in [5, 5.41) is 11.0. The lowest BCUT2D eigenvalue weighted by atomic mass is 10.2. The maximum Gasteiger partial charge on any atom is 0.338 e. The van der Waals surface area contributed by atoms with E-state index in [1.54, 1.807) is 42.5 Å². The lowest BCUT2D eigenvalue weighted by Gasteiger charge is -2.16. The topological polar surface area (TPSA) is 94.3 Å². The first-order valence-electron chi connectivity index (χ1n) is 7.91. The Morgan fingerprint density at radius 1 is 1.26 bits per heavy atom. The van der Waals surface area contributed by atoms with Gasteiger partial charge in [0.1, 0.15) is 0 Å². The molecule has 3 aromatic rings. The van der Waals surface area contributed by atoms with Crippen molar-refractivity contribution in [3.8, 4) is 11.5 Å². The van der Waals surface area contributed by atoms with Gasteiger partial charge in [-0.15, -0.1) is 22.0 Å². The second kappa shape index (κ2) is 7.42. The minimum absolute atomic E-state index is 0.101. The summed E-state index contributed by atoms with van der Waals surface area (Å²) in [5.41, 5.74) is 1.53. The Morgan fingerprint density at radius 2 is 2.11 bits per heavy atom. The van der Waals surface area contributed by atoms with Crippen molar-refractivity contribution >= 4 is 40.9 Å². The number of carbonyl (C=O) groups is 2. The molecule has 0 bridgehead atoms. The molecule has 0 atom stereocenters. The van der Waals surface area contributed by atoms with E-state index in [9.17, 15) is 9.59 Å². The van der Waals surface area contributed by atoms with Crippen LogP contribution in [0, 0.1) is 0 Å². The molecule has 0 saturated heterocycles. The number of halogens is 1. The summed E-state index contributed by atoms with van der Waals surface area (Å²) in [6, 6.07) is 12.1. The third-order valence-corrected chi connectivity index (χ3v) is 5.15.